The molecular formula is C19H20FN3O6S2. The molecule has 2 aliphatic rings. The predicted molar refractivity (Wildman–Crippen MR) is 110 cm³/mol. The molecule has 9 nitrogen and oxygen atoms in total. The second kappa shape index (κ2) is 9.39. The minimum atomic E-state index is -3.54. The fourth-order valence-electron chi connectivity index (χ4n) is 3.17. The highest BCUT2D eigenvalue weighted by atomic mass is 32.2. The number of hydrogen-bond donors (Lipinski definition) is 1. The van der Waals surface area contributed by atoms with Gasteiger partial charge in [0.2, 0.25) is 0 Å². The third-order valence-corrected chi connectivity index (χ3v) is 7.76. The average molecular weight is 470 g/mol. The number of aromatic nitrogens is 1. The van der Waals surface area contributed by atoms with Crippen molar-refractivity contribution < 1.29 is 31.9 Å². The second-order valence-electron chi connectivity index (χ2n) is 7.01. The SMILES string of the molecule is O=C(Nc1ncc(F)s1)/C(=N/O[C@@H]1CCOC1)c1ccc(S(=O)(=O)[C@H]2CCOC2)cc1. The molecule has 1 N–H and O–H groups in total. The number of rotatable bonds is 7. The van der Waals surface area contributed by atoms with Crippen molar-refractivity contribution in [1.82, 2.24) is 4.98 Å². The fraction of sp³-hybridized carbons (Fsp3) is 0.421. The summed E-state index contributed by atoms with van der Waals surface area (Å²) in [6.45, 7) is 1.48. The normalized spacial score (nSPS) is 21.9. The maximum atomic E-state index is 13.2. The molecule has 12 heteroatoms. The molecule has 4 rings (SSSR count). The Morgan fingerprint density at radius 1 is 1.19 bits per heavy atom. The van der Waals surface area contributed by atoms with Crippen molar-refractivity contribution in [3.8, 4) is 0 Å². The molecule has 2 aliphatic heterocycles. The maximum absolute atomic E-state index is 13.2. The lowest BCUT2D eigenvalue weighted by Gasteiger charge is -2.12. The number of halogens is 1. The first-order valence-corrected chi connectivity index (χ1v) is 12.0. The molecule has 31 heavy (non-hydrogen) atoms. The fourth-order valence-corrected chi connectivity index (χ4v) is 5.29. The highest BCUT2D eigenvalue weighted by Gasteiger charge is 2.31. The summed E-state index contributed by atoms with van der Waals surface area (Å²) in [5.41, 5.74) is 0.255. The monoisotopic (exact) mass is 469 g/mol. The van der Waals surface area contributed by atoms with E-state index in [1.54, 1.807) is 0 Å². The first kappa shape index (κ1) is 21.8. The van der Waals surface area contributed by atoms with E-state index in [4.69, 9.17) is 14.3 Å². The number of benzene rings is 1. The highest BCUT2D eigenvalue weighted by Crippen LogP contribution is 2.23. The second-order valence-corrected chi connectivity index (χ2v) is 10.2. The molecule has 2 fully saturated rings. The smallest absolute Gasteiger partial charge is 0.280 e. The van der Waals surface area contributed by atoms with Gasteiger partial charge in [0.25, 0.3) is 5.91 Å². The first-order valence-electron chi connectivity index (χ1n) is 9.60. The Balaban J connectivity index is 1.57. The highest BCUT2D eigenvalue weighted by molar-refractivity contribution is 7.92. The summed E-state index contributed by atoms with van der Waals surface area (Å²) < 4.78 is 49.1. The van der Waals surface area contributed by atoms with E-state index in [2.05, 4.69) is 15.5 Å². The Morgan fingerprint density at radius 2 is 1.94 bits per heavy atom. The van der Waals surface area contributed by atoms with Crippen LogP contribution in [0.2, 0.25) is 0 Å². The van der Waals surface area contributed by atoms with Gasteiger partial charge in [0.1, 0.15) is 0 Å². The van der Waals surface area contributed by atoms with Gasteiger partial charge in [0.15, 0.2) is 31.9 Å². The molecule has 0 radical (unpaired) electrons. The van der Waals surface area contributed by atoms with Crippen LogP contribution in [0.5, 0.6) is 0 Å². The van der Waals surface area contributed by atoms with Gasteiger partial charge < -0.3 is 14.3 Å². The van der Waals surface area contributed by atoms with Gasteiger partial charge in [-0.05, 0) is 18.6 Å². The summed E-state index contributed by atoms with van der Waals surface area (Å²) in [6.07, 6.45) is 1.79. The van der Waals surface area contributed by atoms with E-state index in [0.29, 0.717) is 49.6 Å². The lowest BCUT2D eigenvalue weighted by atomic mass is 10.1. The molecule has 0 aliphatic carbocycles. The van der Waals surface area contributed by atoms with Crippen LogP contribution < -0.4 is 5.32 Å². The number of amides is 1. The van der Waals surface area contributed by atoms with Gasteiger partial charge in [0.05, 0.1) is 36.2 Å². The first-order chi connectivity index (χ1) is 14.9. The molecule has 0 unspecified atom stereocenters. The van der Waals surface area contributed by atoms with Crippen molar-refractivity contribution in [2.45, 2.75) is 29.1 Å². The number of oxime groups is 1. The molecule has 2 aromatic rings. The molecule has 0 spiro atoms. The summed E-state index contributed by atoms with van der Waals surface area (Å²) in [5.74, 6) is -0.659. The van der Waals surface area contributed by atoms with Crippen molar-refractivity contribution in [2.24, 2.45) is 5.16 Å². The van der Waals surface area contributed by atoms with Crippen LogP contribution in [0.3, 0.4) is 0 Å². The van der Waals surface area contributed by atoms with Crippen molar-refractivity contribution >= 4 is 37.9 Å². The summed E-state index contributed by atoms with van der Waals surface area (Å²) in [5, 5.41) is 5.41. The van der Waals surface area contributed by atoms with E-state index >= 15 is 0 Å². The number of anilines is 1. The van der Waals surface area contributed by atoms with Crippen molar-refractivity contribution in [3.05, 3.63) is 41.2 Å². The van der Waals surface area contributed by atoms with Gasteiger partial charge in [-0.3, -0.25) is 10.1 Å². The summed E-state index contributed by atoms with van der Waals surface area (Å²) >= 11 is 0.675. The third kappa shape index (κ3) is 5.09. The molecule has 1 amide bonds. The van der Waals surface area contributed by atoms with Crippen LogP contribution in [0.4, 0.5) is 9.52 Å². The Kier molecular flexibility index (Phi) is 6.60. The zero-order valence-corrected chi connectivity index (χ0v) is 18.0. The summed E-state index contributed by atoms with van der Waals surface area (Å²) in [6, 6.07) is 5.82. The van der Waals surface area contributed by atoms with Crippen LogP contribution in [0.15, 0.2) is 40.5 Å². The van der Waals surface area contributed by atoms with Crippen LogP contribution in [0.25, 0.3) is 0 Å². The van der Waals surface area contributed by atoms with E-state index < -0.39 is 26.1 Å². The predicted octanol–water partition coefficient (Wildman–Crippen LogP) is 1.99. The molecule has 2 saturated heterocycles. The Hall–Kier alpha value is -2.41. The van der Waals surface area contributed by atoms with Gasteiger partial charge in [-0.25, -0.2) is 13.4 Å². The van der Waals surface area contributed by atoms with Crippen molar-refractivity contribution in [1.29, 1.82) is 0 Å². The molecule has 3 heterocycles. The van der Waals surface area contributed by atoms with E-state index in [9.17, 15) is 17.6 Å². The van der Waals surface area contributed by atoms with E-state index in [0.717, 1.165) is 6.20 Å². The van der Waals surface area contributed by atoms with Gasteiger partial charge >= 0.3 is 0 Å². The Bertz CT molecular complexity index is 1060. The molecule has 0 saturated carbocycles. The number of carbonyl (C=O) groups excluding carboxylic acids is 1. The number of carbonyl (C=O) groups is 1. The largest absolute Gasteiger partial charge is 0.389 e. The van der Waals surface area contributed by atoms with Crippen LogP contribution >= 0.6 is 11.3 Å². The molecule has 166 valence electrons. The lowest BCUT2D eigenvalue weighted by Crippen LogP contribution is -2.25. The third-order valence-electron chi connectivity index (χ3n) is 4.88. The summed E-state index contributed by atoms with van der Waals surface area (Å²) in [4.78, 5) is 22.1. The number of thiazole rings is 1. The number of sulfone groups is 1. The number of nitrogens with one attached hydrogen (secondary N) is 1. The van der Waals surface area contributed by atoms with E-state index in [1.165, 1.54) is 24.3 Å². The topological polar surface area (TPSA) is 116 Å². The van der Waals surface area contributed by atoms with Gasteiger partial charge in [-0.1, -0.05) is 28.6 Å². The number of hydrogen-bond acceptors (Lipinski definition) is 9. The van der Waals surface area contributed by atoms with Gasteiger partial charge in [-0.15, -0.1) is 0 Å². The lowest BCUT2D eigenvalue weighted by molar-refractivity contribution is -0.110. The zero-order chi connectivity index (χ0) is 21.8. The van der Waals surface area contributed by atoms with Crippen molar-refractivity contribution in [3.63, 3.8) is 0 Å². The average Bonchev–Trinajstić information content (AvgIpc) is 3.52. The molecule has 0 bridgehead atoms. The Morgan fingerprint density at radius 3 is 2.55 bits per heavy atom. The molecular weight excluding hydrogens is 449 g/mol. The van der Waals surface area contributed by atoms with Gasteiger partial charge in [0, 0.05) is 18.6 Å². The van der Waals surface area contributed by atoms with Crippen LogP contribution in [-0.2, 0) is 28.9 Å². The molecule has 2 atom stereocenters. The maximum Gasteiger partial charge on any atom is 0.280 e. The molecule has 1 aromatic heterocycles. The van der Waals surface area contributed by atoms with E-state index in [-0.39, 0.29) is 28.4 Å². The van der Waals surface area contributed by atoms with Crippen LogP contribution in [0, 0.1) is 5.13 Å². The minimum Gasteiger partial charge on any atom is -0.389 e. The zero-order valence-electron chi connectivity index (χ0n) is 16.3. The molecule has 1 aromatic carbocycles. The Labute approximate surface area is 182 Å². The standard InChI is InChI=1S/C19H20FN3O6S2/c20-16-9-21-19(30-16)22-18(24)17(23-29-13-5-7-27-10-13)12-1-3-14(4-2-12)31(25,26)15-6-8-28-11-15/h1-4,9,13,15H,5-8,10-11H2,(H,21,22,24)/b23-17+/t13-,15+/m1/s1. The van der Waals surface area contributed by atoms with Crippen LogP contribution in [0.1, 0.15) is 18.4 Å². The van der Waals surface area contributed by atoms with E-state index in [1.807, 2.05) is 0 Å². The summed E-state index contributed by atoms with van der Waals surface area (Å²) in [7, 11) is -3.54. The number of nitrogens with zero attached hydrogens (tertiary/aromatic N) is 2. The number of ether oxygens (including phenoxy) is 2. The van der Waals surface area contributed by atoms with Gasteiger partial charge in [-0.2, -0.15) is 4.39 Å². The van der Waals surface area contributed by atoms with Crippen LogP contribution in [-0.4, -0.2) is 62.8 Å². The quantitative estimate of drug-likeness (QED) is 0.487. The minimum absolute atomic E-state index is 0.0693. The van der Waals surface area contributed by atoms with Crippen molar-refractivity contribution in [2.75, 3.05) is 31.7 Å².